The Labute approximate surface area is 116 Å². The maximum absolute atomic E-state index is 12.2. The number of pyridine rings is 1. The number of hydrogen-bond donors (Lipinski definition) is 2. The molecular formula is C12H12ClN3O2S. The summed E-state index contributed by atoms with van der Waals surface area (Å²) in [4.78, 5) is 3.95. The van der Waals surface area contributed by atoms with Crippen LogP contribution in [0.25, 0.3) is 0 Å². The lowest BCUT2D eigenvalue weighted by Crippen LogP contribution is -2.13. The molecule has 1 aromatic carbocycles. The molecule has 1 aromatic heterocycles. The van der Waals surface area contributed by atoms with Crippen LogP contribution in [0.5, 0.6) is 0 Å². The average molecular weight is 298 g/mol. The summed E-state index contributed by atoms with van der Waals surface area (Å²) >= 11 is 5.89. The second-order valence-corrected chi connectivity index (χ2v) is 6.07. The van der Waals surface area contributed by atoms with Crippen LogP contribution in [0.3, 0.4) is 0 Å². The highest BCUT2D eigenvalue weighted by molar-refractivity contribution is 7.92. The maximum Gasteiger partial charge on any atom is 0.262 e. The molecule has 0 saturated carbocycles. The van der Waals surface area contributed by atoms with Gasteiger partial charge in [0.05, 0.1) is 21.8 Å². The molecule has 0 saturated heterocycles. The van der Waals surface area contributed by atoms with E-state index in [0.717, 1.165) is 0 Å². The number of aromatic nitrogens is 1. The summed E-state index contributed by atoms with van der Waals surface area (Å²) in [5.41, 5.74) is 7.13. The molecule has 0 radical (unpaired) electrons. The number of hydrogen-bond acceptors (Lipinski definition) is 4. The van der Waals surface area contributed by atoms with Crippen molar-refractivity contribution in [3.05, 3.63) is 47.2 Å². The second kappa shape index (κ2) is 5.07. The third-order valence-corrected chi connectivity index (χ3v) is 4.26. The molecule has 0 aliphatic heterocycles. The Balaban J connectivity index is 2.38. The lowest BCUT2D eigenvalue weighted by atomic mass is 10.2. The summed E-state index contributed by atoms with van der Waals surface area (Å²) < 4.78 is 26.7. The first kappa shape index (κ1) is 13.6. The zero-order chi connectivity index (χ0) is 14.0. The number of aryl methyl sites for hydroxylation is 1. The van der Waals surface area contributed by atoms with Crippen molar-refractivity contribution in [2.75, 3.05) is 10.5 Å². The van der Waals surface area contributed by atoms with E-state index in [2.05, 4.69) is 9.71 Å². The predicted octanol–water partition coefficient (Wildman–Crippen LogP) is 2.43. The predicted molar refractivity (Wildman–Crippen MR) is 75.6 cm³/mol. The smallest absolute Gasteiger partial charge is 0.262 e. The Bertz CT molecular complexity index is 717. The van der Waals surface area contributed by atoms with Gasteiger partial charge in [0.25, 0.3) is 10.0 Å². The number of nitrogen functional groups attached to an aromatic ring is 1. The third-order valence-electron chi connectivity index (χ3n) is 2.56. The van der Waals surface area contributed by atoms with Gasteiger partial charge in [-0.15, -0.1) is 0 Å². The van der Waals surface area contributed by atoms with E-state index in [4.69, 9.17) is 17.3 Å². The van der Waals surface area contributed by atoms with Gasteiger partial charge in [0.15, 0.2) is 0 Å². The van der Waals surface area contributed by atoms with Crippen LogP contribution in [0.4, 0.5) is 11.4 Å². The molecule has 1 heterocycles. The number of anilines is 2. The average Bonchev–Trinajstić information content (AvgIpc) is 2.35. The minimum absolute atomic E-state index is 0.124. The Morgan fingerprint density at radius 2 is 2.05 bits per heavy atom. The quantitative estimate of drug-likeness (QED) is 0.852. The molecule has 7 heteroatoms. The van der Waals surface area contributed by atoms with Crippen molar-refractivity contribution < 1.29 is 8.42 Å². The summed E-state index contributed by atoms with van der Waals surface area (Å²) in [7, 11) is -3.71. The lowest BCUT2D eigenvalue weighted by Gasteiger charge is -2.10. The fourth-order valence-corrected chi connectivity index (χ4v) is 2.83. The fraction of sp³-hybridized carbons (Fsp3) is 0.0833. The Hall–Kier alpha value is -1.79. The van der Waals surface area contributed by atoms with E-state index < -0.39 is 10.0 Å². The minimum atomic E-state index is -3.71. The van der Waals surface area contributed by atoms with Crippen LogP contribution >= 0.6 is 11.6 Å². The van der Waals surface area contributed by atoms with Gasteiger partial charge in [-0.05, 0) is 36.8 Å². The third kappa shape index (κ3) is 2.97. The minimum Gasteiger partial charge on any atom is -0.399 e. The summed E-state index contributed by atoms with van der Waals surface area (Å²) in [5, 5.41) is 0.283. The first-order chi connectivity index (χ1) is 8.90. The first-order valence-electron chi connectivity index (χ1n) is 5.38. The molecule has 19 heavy (non-hydrogen) atoms. The van der Waals surface area contributed by atoms with Gasteiger partial charge < -0.3 is 5.73 Å². The van der Waals surface area contributed by atoms with Gasteiger partial charge in [0.1, 0.15) is 0 Å². The molecule has 5 nitrogen and oxygen atoms in total. The molecule has 0 fully saturated rings. The normalized spacial score (nSPS) is 11.3. The summed E-state index contributed by atoms with van der Waals surface area (Å²) in [6.45, 7) is 1.74. The lowest BCUT2D eigenvalue weighted by molar-refractivity contribution is 0.601. The number of benzene rings is 1. The summed E-state index contributed by atoms with van der Waals surface area (Å²) in [5.74, 6) is 0. The Kier molecular flexibility index (Phi) is 3.64. The van der Waals surface area contributed by atoms with E-state index in [-0.39, 0.29) is 15.6 Å². The SMILES string of the molecule is Cc1cc(S(=O)(=O)Nc2cnccc2Cl)ccc1N. The standard InChI is InChI=1S/C12H12ClN3O2S/c1-8-6-9(2-3-11(8)14)19(17,18)16-12-7-15-5-4-10(12)13/h2-7,16H,14H2,1H3. The van der Waals surface area contributed by atoms with Gasteiger partial charge in [-0.2, -0.15) is 0 Å². The fourth-order valence-electron chi connectivity index (χ4n) is 1.47. The highest BCUT2D eigenvalue weighted by Gasteiger charge is 2.16. The number of nitrogens with zero attached hydrogens (tertiary/aromatic N) is 1. The number of halogens is 1. The van der Waals surface area contributed by atoms with Crippen molar-refractivity contribution in [1.29, 1.82) is 0 Å². The van der Waals surface area contributed by atoms with Gasteiger partial charge in [0.2, 0.25) is 0 Å². The molecule has 2 rings (SSSR count). The van der Waals surface area contributed by atoms with Crippen LogP contribution in [0.1, 0.15) is 5.56 Å². The summed E-state index contributed by atoms with van der Waals surface area (Å²) in [6.07, 6.45) is 2.83. The molecule has 0 spiro atoms. The summed E-state index contributed by atoms with van der Waals surface area (Å²) in [6, 6.07) is 6.00. The molecule has 3 N–H and O–H groups in total. The van der Waals surface area contributed by atoms with Crippen molar-refractivity contribution in [1.82, 2.24) is 4.98 Å². The molecule has 0 unspecified atom stereocenters. The molecule has 0 atom stereocenters. The van der Waals surface area contributed by atoms with E-state index in [1.807, 2.05) is 0 Å². The largest absolute Gasteiger partial charge is 0.399 e. The van der Waals surface area contributed by atoms with Crippen LogP contribution in [0.15, 0.2) is 41.6 Å². The van der Waals surface area contributed by atoms with E-state index in [0.29, 0.717) is 11.3 Å². The molecule has 0 bridgehead atoms. The highest BCUT2D eigenvalue weighted by Crippen LogP contribution is 2.24. The molecule has 0 aliphatic rings. The molecular weight excluding hydrogens is 286 g/mol. The van der Waals surface area contributed by atoms with E-state index in [9.17, 15) is 8.42 Å². The topological polar surface area (TPSA) is 85.1 Å². The van der Waals surface area contributed by atoms with Crippen molar-refractivity contribution in [3.8, 4) is 0 Å². The second-order valence-electron chi connectivity index (χ2n) is 3.98. The van der Waals surface area contributed by atoms with E-state index in [1.165, 1.54) is 30.6 Å². The monoisotopic (exact) mass is 297 g/mol. The van der Waals surface area contributed by atoms with Crippen LogP contribution < -0.4 is 10.5 Å². The number of rotatable bonds is 3. The van der Waals surface area contributed by atoms with Crippen molar-refractivity contribution in [3.63, 3.8) is 0 Å². The van der Waals surface area contributed by atoms with E-state index >= 15 is 0 Å². The number of nitrogens with two attached hydrogens (primary N) is 1. The molecule has 100 valence electrons. The Morgan fingerprint density at radius 1 is 1.32 bits per heavy atom. The molecule has 0 amide bonds. The first-order valence-corrected chi connectivity index (χ1v) is 7.25. The zero-order valence-electron chi connectivity index (χ0n) is 10.1. The van der Waals surface area contributed by atoms with Crippen molar-refractivity contribution in [2.24, 2.45) is 0 Å². The van der Waals surface area contributed by atoms with Gasteiger partial charge >= 0.3 is 0 Å². The van der Waals surface area contributed by atoms with E-state index in [1.54, 1.807) is 13.0 Å². The van der Waals surface area contributed by atoms with Gasteiger partial charge in [-0.3, -0.25) is 9.71 Å². The maximum atomic E-state index is 12.2. The van der Waals surface area contributed by atoms with Gasteiger partial charge in [-0.1, -0.05) is 11.6 Å². The zero-order valence-corrected chi connectivity index (χ0v) is 11.7. The Morgan fingerprint density at radius 3 is 2.68 bits per heavy atom. The van der Waals surface area contributed by atoms with Crippen LogP contribution in [0.2, 0.25) is 5.02 Å². The number of sulfonamides is 1. The van der Waals surface area contributed by atoms with Gasteiger partial charge in [0, 0.05) is 11.9 Å². The van der Waals surface area contributed by atoms with Gasteiger partial charge in [-0.25, -0.2) is 8.42 Å². The van der Waals surface area contributed by atoms with Crippen LogP contribution in [-0.2, 0) is 10.0 Å². The van der Waals surface area contributed by atoms with Crippen molar-refractivity contribution >= 4 is 33.0 Å². The van der Waals surface area contributed by atoms with Crippen molar-refractivity contribution in [2.45, 2.75) is 11.8 Å². The van der Waals surface area contributed by atoms with Crippen LogP contribution in [-0.4, -0.2) is 13.4 Å². The molecule has 0 aliphatic carbocycles. The highest BCUT2D eigenvalue weighted by atomic mass is 35.5. The van der Waals surface area contributed by atoms with Crippen LogP contribution in [0, 0.1) is 6.92 Å². The number of nitrogens with one attached hydrogen (secondary N) is 1. The molecule has 2 aromatic rings.